The maximum Gasteiger partial charge on any atom is 0.0470 e. The number of halogens is 1. The molecule has 19 heavy (non-hydrogen) atoms. The largest absolute Gasteiger partial charge is 0.350 e. The molecule has 102 valence electrons. The van der Waals surface area contributed by atoms with E-state index in [0.29, 0.717) is 6.04 Å². The first-order valence-electron chi connectivity index (χ1n) is 6.86. The van der Waals surface area contributed by atoms with Crippen LogP contribution in [-0.2, 0) is 6.54 Å². The van der Waals surface area contributed by atoms with Crippen molar-refractivity contribution in [1.82, 2.24) is 9.88 Å². The number of aromatic nitrogens is 1. The maximum absolute atomic E-state index is 6.01. The van der Waals surface area contributed by atoms with E-state index in [1.54, 1.807) is 0 Å². The number of nitrogens with one attached hydrogen (secondary N) is 1. The van der Waals surface area contributed by atoms with E-state index in [-0.39, 0.29) is 0 Å². The van der Waals surface area contributed by atoms with Crippen molar-refractivity contribution in [3.63, 3.8) is 0 Å². The molecule has 1 aromatic carbocycles. The molecule has 3 heteroatoms. The van der Waals surface area contributed by atoms with Gasteiger partial charge >= 0.3 is 0 Å². The van der Waals surface area contributed by atoms with Gasteiger partial charge in [-0.2, -0.15) is 0 Å². The molecule has 0 aliphatic rings. The van der Waals surface area contributed by atoms with E-state index in [4.69, 9.17) is 11.6 Å². The van der Waals surface area contributed by atoms with Gasteiger partial charge in [-0.3, -0.25) is 0 Å². The molecular weight excluding hydrogens is 256 g/mol. The van der Waals surface area contributed by atoms with Crippen LogP contribution in [0.25, 0.3) is 0 Å². The Morgan fingerprint density at radius 2 is 2.11 bits per heavy atom. The summed E-state index contributed by atoms with van der Waals surface area (Å²) in [6.45, 7) is 6.22. The molecule has 1 N–H and O–H groups in total. The van der Waals surface area contributed by atoms with Gasteiger partial charge in [-0.1, -0.05) is 37.6 Å². The highest BCUT2D eigenvalue weighted by Crippen LogP contribution is 2.18. The maximum atomic E-state index is 6.01. The number of hydrogen-bond acceptors (Lipinski definition) is 1. The predicted molar refractivity (Wildman–Crippen MR) is 81.7 cm³/mol. The molecule has 2 nitrogen and oxygen atoms in total. The highest BCUT2D eigenvalue weighted by Gasteiger charge is 2.09. The molecule has 0 aliphatic carbocycles. The van der Waals surface area contributed by atoms with Crippen molar-refractivity contribution < 1.29 is 0 Å². The summed E-state index contributed by atoms with van der Waals surface area (Å²) in [5.41, 5.74) is 2.58. The molecule has 0 saturated carbocycles. The normalized spacial score (nSPS) is 12.6. The molecule has 0 aliphatic heterocycles. The van der Waals surface area contributed by atoms with Gasteiger partial charge in [0.05, 0.1) is 0 Å². The van der Waals surface area contributed by atoms with Crippen molar-refractivity contribution >= 4 is 11.6 Å². The average Bonchev–Trinajstić information content (AvgIpc) is 2.84. The molecule has 0 bridgehead atoms. The van der Waals surface area contributed by atoms with Crippen molar-refractivity contribution in [3.05, 3.63) is 58.9 Å². The Balaban J connectivity index is 2.08. The lowest BCUT2D eigenvalue weighted by molar-refractivity contribution is 0.536. The summed E-state index contributed by atoms with van der Waals surface area (Å²) in [6, 6.07) is 10.7. The zero-order chi connectivity index (χ0) is 13.7. The zero-order valence-corrected chi connectivity index (χ0v) is 12.3. The molecule has 0 spiro atoms. The molecule has 0 saturated heterocycles. The highest BCUT2D eigenvalue weighted by molar-refractivity contribution is 6.30. The lowest BCUT2D eigenvalue weighted by Crippen LogP contribution is -2.19. The molecule has 0 radical (unpaired) electrons. The van der Waals surface area contributed by atoms with Gasteiger partial charge in [0, 0.05) is 30.0 Å². The summed E-state index contributed by atoms with van der Waals surface area (Å²) in [7, 11) is 0. The second kappa shape index (κ2) is 6.78. The van der Waals surface area contributed by atoms with Gasteiger partial charge < -0.3 is 9.88 Å². The standard InChI is InChI=1S/C16H21ClN2/c1-3-16(18-4-2)14-8-9-19(12-14)11-13-6-5-7-15(17)10-13/h5-10,12,16,18H,3-4,11H2,1-2H3. The molecule has 0 amide bonds. The Bertz CT molecular complexity index is 519. The fraction of sp³-hybridized carbons (Fsp3) is 0.375. The summed E-state index contributed by atoms with van der Waals surface area (Å²) in [5, 5.41) is 4.30. The van der Waals surface area contributed by atoms with Crippen LogP contribution in [0.1, 0.15) is 37.4 Å². The third kappa shape index (κ3) is 3.85. The minimum absolute atomic E-state index is 0.450. The van der Waals surface area contributed by atoms with Gasteiger partial charge in [0.2, 0.25) is 0 Å². The highest BCUT2D eigenvalue weighted by atomic mass is 35.5. The summed E-state index contributed by atoms with van der Waals surface area (Å²) >= 11 is 6.01. The molecular formula is C16H21ClN2. The van der Waals surface area contributed by atoms with E-state index in [9.17, 15) is 0 Å². The Hall–Kier alpha value is -1.25. The first-order valence-corrected chi connectivity index (χ1v) is 7.24. The van der Waals surface area contributed by atoms with Crippen LogP contribution in [0.4, 0.5) is 0 Å². The summed E-state index contributed by atoms with van der Waals surface area (Å²) in [6.07, 6.45) is 5.46. The second-order valence-electron chi connectivity index (χ2n) is 4.77. The quantitative estimate of drug-likeness (QED) is 0.835. The summed E-state index contributed by atoms with van der Waals surface area (Å²) in [5.74, 6) is 0. The fourth-order valence-electron chi connectivity index (χ4n) is 2.35. The van der Waals surface area contributed by atoms with Gasteiger partial charge in [-0.15, -0.1) is 0 Å². The smallest absolute Gasteiger partial charge is 0.0470 e. The van der Waals surface area contributed by atoms with Crippen LogP contribution in [0.15, 0.2) is 42.7 Å². The molecule has 0 fully saturated rings. The van der Waals surface area contributed by atoms with Crippen LogP contribution in [0.3, 0.4) is 0 Å². The van der Waals surface area contributed by atoms with Gasteiger partial charge in [0.25, 0.3) is 0 Å². The fourth-order valence-corrected chi connectivity index (χ4v) is 2.57. The molecule has 1 atom stereocenters. The van der Waals surface area contributed by atoms with Gasteiger partial charge in [-0.05, 0) is 42.3 Å². The van der Waals surface area contributed by atoms with Crippen LogP contribution in [0, 0.1) is 0 Å². The van der Waals surface area contributed by atoms with Gasteiger partial charge in [-0.25, -0.2) is 0 Å². The van der Waals surface area contributed by atoms with Gasteiger partial charge in [0.15, 0.2) is 0 Å². The Kier molecular flexibility index (Phi) is 5.06. The molecule has 1 aromatic heterocycles. The van der Waals surface area contributed by atoms with E-state index < -0.39 is 0 Å². The average molecular weight is 277 g/mol. The van der Waals surface area contributed by atoms with Crippen LogP contribution in [-0.4, -0.2) is 11.1 Å². The van der Waals surface area contributed by atoms with Crippen LogP contribution in [0.5, 0.6) is 0 Å². The van der Waals surface area contributed by atoms with E-state index in [0.717, 1.165) is 24.5 Å². The molecule has 1 heterocycles. The van der Waals surface area contributed by atoms with Crippen LogP contribution < -0.4 is 5.32 Å². The lowest BCUT2D eigenvalue weighted by Gasteiger charge is -2.14. The van der Waals surface area contributed by atoms with E-state index in [1.807, 2.05) is 18.2 Å². The Labute approximate surface area is 120 Å². The van der Waals surface area contributed by atoms with Crippen molar-refractivity contribution in [2.45, 2.75) is 32.9 Å². The van der Waals surface area contributed by atoms with Crippen LogP contribution >= 0.6 is 11.6 Å². The summed E-state index contributed by atoms with van der Waals surface area (Å²) in [4.78, 5) is 0. The predicted octanol–water partition coefficient (Wildman–Crippen LogP) is 4.25. The van der Waals surface area contributed by atoms with E-state index in [2.05, 4.69) is 48.3 Å². The van der Waals surface area contributed by atoms with Crippen LogP contribution in [0.2, 0.25) is 5.02 Å². The molecule has 1 unspecified atom stereocenters. The van der Waals surface area contributed by atoms with Gasteiger partial charge in [0.1, 0.15) is 0 Å². The number of nitrogens with zero attached hydrogens (tertiary/aromatic N) is 1. The minimum Gasteiger partial charge on any atom is -0.350 e. The second-order valence-corrected chi connectivity index (χ2v) is 5.20. The van der Waals surface area contributed by atoms with Crippen molar-refractivity contribution in [2.75, 3.05) is 6.54 Å². The van der Waals surface area contributed by atoms with E-state index in [1.165, 1.54) is 11.1 Å². The summed E-state index contributed by atoms with van der Waals surface area (Å²) < 4.78 is 2.21. The molecule has 2 rings (SSSR count). The topological polar surface area (TPSA) is 17.0 Å². The first kappa shape index (κ1) is 14.2. The molecule has 2 aromatic rings. The number of rotatable bonds is 6. The lowest BCUT2D eigenvalue weighted by atomic mass is 10.1. The zero-order valence-electron chi connectivity index (χ0n) is 11.6. The van der Waals surface area contributed by atoms with Crippen molar-refractivity contribution in [1.29, 1.82) is 0 Å². The van der Waals surface area contributed by atoms with E-state index >= 15 is 0 Å². The van der Waals surface area contributed by atoms with Crippen molar-refractivity contribution in [3.8, 4) is 0 Å². The number of hydrogen-bond donors (Lipinski definition) is 1. The minimum atomic E-state index is 0.450. The third-order valence-corrected chi connectivity index (χ3v) is 3.52. The Morgan fingerprint density at radius 3 is 2.79 bits per heavy atom. The first-order chi connectivity index (χ1) is 9.22. The van der Waals surface area contributed by atoms with Crippen molar-refractivity contribution in [2.24, 2.45) is 0 Å². The number of benzene rings is 1. The Morgan fingerprint density at radius 1 is 1.26 bits per heavy atom. The SMILES string of the molecule is CCNC(CC)c1ccn(Cc2cccc(Cl)c2)c1. The third-order valence-electron chi connectivity index (χ3n) is 3.29. The monoisotopic (exact) mass is 276 g/mol.